The standard InChI is InChI=1S/C12H17BrO2/c1-8(6-12(15)9(2)14)10-4-3-5-11(13)7-10/h3-5,7-9,12,14-15H,6H2,1-2H3. The third-order valence-electron chi connectivity index (χ3n) is 2.57. The number of benzene rings is 1. The lowest BCUT2D eigenvalue weighted by Gasteiger charge is -2.19. The van der Waals surface area contributed by atoms with Gasteiger partial charge in [-0.3, -0.25) is 0 Å². The highest BCUT2D eigenvalue weighted by Gasteiger charge is 2.16. The molecule has 2 nitrogen and oxygen atoms in total. The Morgan fingerprint density at radius 2 is 1.93 bits per heavy atom. The van der Waals surface area contributed by atoms with Gasteiger partial charge in [-0.1, -0.05) is 35.0 Å². The Balaban J connectivity index is 2.64. The van der Waals surface area contributed by atoms with Gasteiger partial charge in [0.2, 0.25) is 0 Å². The quantitative estimate of drug-likeness (QED) is 0.885. The fourth-order valence-corrected chi connectivity index (χ4v) is 1.93. The van der Waals surface area contributed by atoms with Crippen LogP contribution in [0.5, 0.6) is 0 Å². The Labute approximate surface area is 99.1 Å². The Bertz CT molecular complexity index is 312. The first-order chi connectivity index (χ1) is 7.00. The Hall–Kier alpha value is -0.380. The second-order valence-electron chi connectivity index (χ2n) is 4.00. The molecule has 0 saturated carbocycles. The molecule has 1 aromatic carbocycles. The minimum atomic E-state index is -0.667. The second kappa shape index (κ2) is 5.64. The molecule has 0 saturated heterocycles. The first kappa shape index (κ1) is 12.7. The van der Waals surface area contributed by atoms with Crippen molar-refractivity contribution in [1.29, 1.82) is 0 Å². The van der Waals surface area contributed by atoms with Gasteiger partial charge in [-0.25, -0.2) is 0 Å². The van der Waals surface area contributed by atoms with E-state index in [-0.39, 0.29) is 5.92 Å². The summed E-state index contributed by atoms with van der Waals surface area (Å²) < 4.78 is 1.04. The topological polar surface area (TPSA) is 40.5 Å². The number of hydrogen-bond acceptors (Lipinski definition) is 2. The van der Waals surface area contributed by atoms with Crippen molar-refractivity contribution in [2.24, 2.45) is 0 Å². The van der Waals surface area contributed by atoms with Crippen LogP contribution >= 0.6 is 15.9 Å². The summed E-state index contributed by atoms with van der Waals surface area (Å²) in [6, 6.07) is 8.02. The lowest BCUT2D eigenvalue weighted by molar-refractivity contribution is 0.0227. The Kier molecular flexibility index (Phi) is 4.77. The van der Waals surface area contributed by atoms with Gasteiger partial charge in [-0.05, 0) is 37.0 Å². The van der Waals surface area contributed by atoms with E-state index >= 15 is 0 Å². The fourth-order valence-electron chi connectivity index (χ4n) is 1.51. The Morgan fingerprint density at radius 3 is 2.47 bits per heavy atom. The van der Waals surface area contributed by atoms with Crippen molar-refractivity contribution in [3.8, 4) is 0 Å². The van der Waals surface area contributed by atoms with Gasteiger partial charge in [-0.15, -0.1) is 0 Å². The van der Waals surface area contributed by atoms with Crippen LogP contribution in [0.15, 0.2) is 28.7 Å². The van der Waals surface area contributed by atoms with Crippen LogP contribution in [0.3, 0.4) is 0 Å². The zero-order valence-corrected chi connectivity index (χ0v) is 10.6. The van der Waals surface area contributed by atoms with Crippen molar-refractivity contribution in [1.82, 2.24) is 0 Å². The normalized spacial score (nSPS) is 17.1. The molecule has 0 aliphatic rings. The van der Waals surface area contributed by atoms with Crippen molar-refractivity contribution < 1.29 is 10.2 Å². The summed E-state index contributed by atoms with van der Waals surface area (Å²) in [5.74, 6) is 0.243. The van der Waals surface area contributed by atoms with Crippen LogP contribution in [0.25, 0.3) is 0 Å². The zero-order chi connectivity index (χ0) is 11.4. The summed E-state index contributed by atoms with van der Waals surface area (Å²) in [5.41, 5.74) is 1.17. The van der Waals surface area contributed by atoms with Gasteiger partial charge in [0, 0.05) is 4.47 Å². The van der Waals surface area contributed by atoms with Crippen LogP contribution in [0, 0.1) is 0 Å². The monoisotopic (exact) mass is 272 g/mol. The Morgan fingerprint density at radius 1 is 1.27 bits per heavy atom. The minimum Gasteiger partial charge on any atom is -0.391 e. The van der Waals surface area contributed by atoms with Crippen LogP contribution in [0.4, 0.5) is 0 Å². The predicted octanol–water partition coefficient (Wildman–Crippen LogP) is 2.68. The largest absolute Gasteiger partial charge is 0.391 e. The predicted molar refractivity (Wildman–Crippen MR) is 64.9 cm³/mol. The molecule has 2 N–H and O–H groups in total. The van der Waals surface area contributed by atoms with E-state index in [2.05, 4.69) is 15.9 Å². The number of hydrogen-bond donors (Lipinski definition) is 2. The highest BCUT2D eigenvalue weighted by Crippen LogP contribution is 2.24. The van der Waals surface area contributed by atoms with Gasteiger partial charge in [0.05, 0.1) is 12.2 Å². The molecule has 0 aromatic heterocycles. The number of halogens is 1. The molecule has 0 aliphatic carbocycles. The van der Waals surface area contributed by atoms with Crippen LogP contribution in [-0.2, 0) is 0 Å². The van der Waals surface area contributed by atoms with Gasteiger partial charge in [0.25, 0.3) is 0 Å². The molecule has 15 heavy (non-hydrogen) atoms. The van der Waals surface area contributed by atoms with Crippen molar-refractivity contribution in [2.75, 3.05) is 0 Å². The zero-order valence-electron chi connectivity index (χ0n) is 9.02. The van der Waals surface area contributed by atoms with Crippen molar-refractivity contribution in [2.45, 2.75) is 38.4 Å². The number of aliphatic hydroxyl groups is 2. The molecule has 84 valence electrons. The van der Waals surface area contributed by atoms with Crippen LogP contribution in [0.2, 0.25) is 0 Å². The molecule has 0 aliphatic heterocycles. The lowest BCUT2D eigenvalue weighted by Crippen LogP contribution is -2.24. The van der Waals surface area contributed by atoms with Crippen molar-refractivity contribution in [3.05, 3.63) is 34.3 Å². The van der Waals surface area contributed by atoms with E-state index in [9.17, 15) is 10.2 Å². The molecule has 0 fully saturated rings. The summed E-state index contributed by atoms with van der Waals surface area (Å²) >= 11 is 3.41. The summed E-state index contributed by atoms with van der Waals surface area (Å²) in [5, 5.41) is 18.8. The van der Waals surface area contributed by atoms with E-state index in [0.29, 0.717) is 6.42 Å². The van der Waals surface area contributed by atoms with E-state index in [4.69, 9.17) is 0 Å². The molecule has 3 unspecified atom stereocenters. The van der Waals surface area contributed by atoms with E-state index < -0.39 is 12.2 Å². The third-order valence-corrected chi connectivity index (χ3v) is 3.06. The van der Waals surface area contributed by atoms with Gasteiger partial charge in [0.1, 0.15) is 0 Å². The smallest absolute Gasteiger partial charge is 0.0802 e. The third kappa shape index (κ3) is 3.93. The molecule has 3 atom stereocenters. The minimum absolute atomic E-state index is 0.243. The SMILES string of the molecule is CC(CC(O)C(C)O)c1cccc(Br)c1. The summed E-state index contributed by atoms with van der Waals surface area (Å²) in [6.07, 6.45) is -0.743. The van der Waals surface area contributed by atoms with Gasteiger partial charge in [0.15, 0.2) is 0 Å². The molecular formula is C12H17BrO2. The molecule has 1 rings (SSSR count). The summed E-state index contributed by atoms with van der Waals surface area (Å²) in [4.78, 5) is 0. The van der Waals surface area contributed by atoms with Crippen LogP contribution in [0.1, 0.15) is 31.7 Å². The van der Waals surface area contributed by atoms with Crippen molar-refractivity contribution in [3.63, 3.8) is 0 Å². The first-order valence-corrected chi connectivity index (χ1v) is 5.91. The summed E-state index contributed by atoms with van der Waals surface area (Å²) in [7, 11) is 0. The van der Waals surface area contributed by atoms with Gasteiger partial charge < -0.3 is 10.2 Å². The average molecular weight is 273 g/mol. The molecule has 0 amide bonds. The first-order valence-electron chi connectivity index (χ1n) is 5.12. The van der Waals surface area contributed by atoms with E-state index in [1.165, 1.54) is 5.56 Å². The fraction of sp³-hybridized carbons (Fsp3) is 0.500. The van der Waals surface area contributed by atoms with Gasteiger partial charge in [-0.2, -0.15) is 0 Å². The maximum absolute atomic E-state index is 9.57. The highest BCUT2D eigenvalue weighted by atomic mass is 79.9. The lowest BCUT2D eigenvalue weighted by atomic mass is 9.93. The molecule has 1 aromatic rings. The highest BCUT2D eigenvalue weighted by molar-refractivity contribution is 9.10. The maximum Gasteiger partial charge on any atom is 0.0802 e. The number of rotatable bonds is 4. The molecule has 0 radical (unpaired) electrons. The molecule has 3 heteroatoms. The van der Waals surface area contributed by atoms with E-state index in [1.54, 1.807) is 6.92 Å². The van der Waals surface area contributed by atoms with Crippen molar-refractivity contribution >= 4 is 15.9 Å². The van der Waals surface area contributed by atoms with E-state index in [0.717, 1.165) is 4.47 Å². The van der Waals surface area contributed by atoms with Gasteiger partial charge >= 0.3 is 0 Å². The number of aliphatic hydroxyl groups excluding tert-OH is 2. The van der Waals surface area contributed by atoms with Crippen LogP contribution < -0.4 is 0 Å². The summed E-state index contributed by atoms with van der Waals surface area (Å²) in [6.45, 7) is 3.66. The molecule has 0 spiro atoms. The second-order valence-corrected chi connectivity index (χ2v) is 4.92. The molecule has 0 heterocycles. The maximum atomic E-state index is 9.57. The molecular weight excluding hydrogens is 256 g/mol. The van der Waals surface area contributed by atoms with Crippen LogP contribution in [-0.4, -0.2) is 22.4 Å². The van der Waals surface area contributed by atoms with E-state index in [1.807, 2.05) is 31.2 Å². The molecule has 0 bridgehead atoms. The average Bonchev–Trinajstić information content (AvgIpc) is 2.17.